The molecule has 0 fully saturated rings. The van der Waals surface area contributed by atoms with Crippen LogP contribution in [0.3, 0.4) is 0 Å². The number of nitrogens with one attached hydrogen (secondary N) is 1. The van der Waals surface area contributed by atoms with Gasteiger partial charge < -0.3 is 14.8 Å². The molecule has 0 aliphatic rings. The summed E-state index contributed by atoms with van der Waals surface area (Å²) in [4.78, 5) is 28.4. The molecule has 0 unspecified atom stereocenters. The molecule has 1 amide bonds. The summed E-state index contributed by atoms with van der Waals surface area (Å²) in [6, 6.07) is 13.0. The van der Waals surface area contributed by atoms with E-state index in [1.54, 1.807) is 19.2 Å². The molecule has 2 heterocycles. The number of hydrogen-bond acceptors (Lipinski definition) is 4. The van der Waals surface area contributed by atoms with Gasteiger partial charge in [-0.25, -0.2) is 4.79 Å². The van der Waals surface area contributed by atoms with Crippen LogP contribution in [0, 0.1) is 5.92 Å². The maximum atomic E-state index is 12.4. The first-order valence-corrected chi connectivity index (χ1v) is 10.5. The number of anilines is 1. The molecule has 0 atom stereocenters. The van der Waals surface area contributed by atoms with Crippen LogP contribution in [0.4, 0.5) is 10.5 Å². The second kappa shape index (κ2) is 7.84. The van der Waals surface area contributed by atoms with E-state index in [1.807, 2.05) is 49.6 Å². The van der Waals surface area contributed by atoms with Gasteiger partial charge >= 0.3 is 6.09 Å². The minimum Gasteiger partial charge on any atom is -0.496 e. The zero-order valence-corrected chi connectivity index (χ0v) is 17.7. The van der Waals surface area contributed by atoms with E-state index in [1.165, 1.54) is 16.2 Å². The lowest BCUT2D eigenvalue weighted by Crippen LogP contribution is -2.32. The molecule has 0 bridgehead atoms. The van der Waals surface area contributed by atoms with Crippen molar-refractivity contribution in [2.24, 2.45) is 5.92 Å². The van der Waals surface area contributed by atoms with Crippen LogP contribution >= 0.6 is 11.3 Å². The smallest absolute Gasteiger partial charge is 0.411 e. The lowest BCUT2D eigenvalue weighted by Gasteiger charge is -2.22. The van der Waals surface area contributed by atoms with Crippen molar-refractivity contribution in [1.29, 1.82) is 0 Å². The van der Waals surface area contributed by atoms with Gasteiger partial charge in [-0.3, -0.25) is 9.69 Å². The lowest BCUT2D eigenvalue weighted by molar-refractivity contribution is 0.201. The van der Waals surface area contributed by atoms with Gasteiger partial charge in [-0.05, 0) is 47.2 Å². The molecule has 2 N–H and O–H groups in total. The monoisotopic (exact) mass is 422 g/mol. The summed E-state index contributed by atoms with van der Waals surface area (Å²) < 4.78 is 6.31. The quantitative estimate of drug-likeness (QED) is 0.441. The second-order valence-corrected chi connectivity index (χ2v) is 8.43. The standard InChI is InChI=1S/C23H22N2O4S/c1-13(2)12-25(23(27)28)15-6-4-14(5-7-15)19-18(29-3)9-8-17-20(19)16-10-11-30-21(16)22(26)24-17/h4-11,13H,12H2,1-3H3,(H,24,26)(H,27,28). The second-order valence-electron chi connectivity index (χ2n) is 7.52. The first-order chi connectivity index (χ1) is 14.4. The number of fused-ring (bicyclic) bond motifs is 3. The Morgan fingerprint density at radius 1 is 1.17 bits per heavy atom. The van der Waals surface area contributed by atoms with Crippen molar-refractivity contribution >= 4 is 44.1 Å². The molecule has 0 radical (unpaired) electrons. The summed E-state index contributed by atoms with van der Waals surface area (Å²) in [5.41, 5.74) is 3.00. The highest BCUT2D eigenvalue weighted by Crippen LogP contribution is 2.40. The molecule has 0 saturated carbocycles. The molecule has 7 heteroatoms. The van der Waals surface area contributed by atoms with Gasteiger partial charge in [0, 0.05) is 34.1 Å². The van der Waals surface area contributed by atoms with E-state index in [0.29, 0.717) is 22.7 Å². The first-order valence-electron chi connectivity index (χ1n) is 9.61. The van der Waals surface area contributed by atoms with E-state index in [0.717, 1.165) is 27.4 Å². The molecule has 30 heavy (non-hydrogen) atoms. The van der Waals surface area contributed by atoms with Gasteiger partial charge in [0.25, 0.3) is 5.56 Å². The number of carboxylic acid groups (broad SMARTS) is 1. The van der Waals surface area contributed by atoms with Gasteiger partial charge in [0.1, 0.15) is 10.4 Å². The predicted octanol–water partition coefficient (Wildman–Crippen LogP) is 5.56. The van der Waals surface area contributed by atoms with Crippen molar-refractivity contribution in [3.8, 4) is 16.9 Å². The molecular formula is C23H22N2O4S. The number of amides is 1. The van der Waals surface area contributed by atoms with Crippen LogP contribution in [-0.2, 0) is 0 Å². The summed E-state index contributed by atoms with van der Waals surface area (Å²) in [5, 5.41) is 13.3. The van der Waals surface area contributed by atoms with E-state index in [-0.39, 0.29) is 11.5 Å². The average molecular weight is 423 g/mol. The van der Waals surface area contributed by atoms with Crippen LogP contribution in [0.1, 0.15) is 13.8 Å². The van der Waals surface area contributed by atoms with E-state index < -0.39 is 6.09 Å². The van der Waals surface area contributed by atoms with Crippen LogP contribution in [-0.4, -0.2) is 29.8 Å². The van der Waals surface area contributed by atoms with Crippen LogP contribution in [0.5, 0.6) is 5.75 Å². The van der Waals surface area contributed by atoms with Crippen molar-refractivity contribution in [2.45, 2.75) is 13.8 Å². The van der Waals surface area contributed by atoms with Gasteiger partial charge in [-0.15, -0.1) is 11.3 Å². The van der Waals surface area contributed by atoms with Crippen molar-refractivity contribution < 1.29 is 14.6 Å². The van der Waals surface area contributed by atoms with E-state index in [4.69, 9.17) is 4.74 Å². The Balaban J connectivity index is 1.92. The number of pyridine rings is 1. The Morgan fingerprint density at radius 2 is 1.90 bits per heavy atom. The van der Waals surface area contributed by atoms with E-state index in [2.05, 4.69) is 4.98 Å². The van der Waals surface area contributed by atoms with Gasteiger partial charge in [0.2, 0.25) is 0 Å². The number of carbonyl (C=O) groups is 1. The van der Waals surface area contributed by atoms with E-state index >= 15 is 0 Å². The number of benzene rings is 2. The molecule has 0 aliphatic carbocycles. The summed E-state index contributed by atoms with van der Waals surface area (Å²) in [6.45, 7) is 4.39. The average Bonchev–Trinajstić information content (AvgIpc) is 3.22. The van der Waals surface area contributed by atoms with Crippen molar-refractivity contribution in [1.82, 2.24) is 4.98 Å². The molecule has 4 aromatic rings. The minimum absolute atomic E-state index is 0.107. The van der Waals surface area contributed by atoms with Crippen LogP contribution in [0.25, 0.3) is 32.1 Å². The van der Waals surface area contributed by atoms with Crippen LogP contribution < -0.4 is 15.2 Å². The van der Waals surface area contributed by atoms with Crippen molar-refractivity contribution in [2.75, 3.05) is 18.6 Å². The number of H-pyrrole nitrogens is 1. The molecule has 2 aromatic heterocycles. The molecule has 154 valence electrons. The third-order valence-corrected chi connectivity index (χ3v) is 5.94. The predicted molar refractivity (Wildman–Crippen MR) is 122 cm³/mol. The molecule has 0 spiro atoms. The molecule has 6 nitrogen and oxygen atoms in total. The number of nitrogens with zero attached hydrogens (tertiary/aromatic N) is 1. The van der Waals surface area contributed by atoms with E-state index in [9.17, 15) is 14.7 Å². The fraction of sp³-hybridized carbons (Fsp3) is 0.217. The fourth-order valence-corrected chi connectivity index (χ4v) is 4.55. The maximum absolute atomic E-state index is 12.4. The van der Waals surface area contributed by atoms with Gasteiger partial charge in [0.15, 0.2) is 0 Å². The van der Waals surface area contributed by atoms with Crippen LogP contribution in [0.2, 0.25) is 0 Å². The number of aromatic nitrogens is 1. The summed E-state index contributed by atoms with van der Waals surface area (Å²) in [6.07, 6.45) is -0.975. The lowest BCUT2D eigenvalue weighted by atomic mass is 9.97. The number of thiophene rings is 1. The Kier molecular flexibility index (Phi) is 5.22. The van der Waals surface area contributed by atoms with Gasteiger partial charge in [0.05, 0.1) is 7.11 Å². The third kappa shape index (κ3) is 3.41. The largest absolute Gasteiger partial charge is 0.496 e. The summed E-state index contributed by atoms with van der Waals surface area (Å²) in [5.74, 6) is 0.898. The molecule has 0 aliphatic heterocycles. The van der Waals surface area contributed by atoms with Crippen molar-refractivity contribution in [3.63, 3.8) is 0 Å². The SMILES string of the molecule is COc1ccc2[nH]c(=O)c3sccc3c2c1-c1ccc(N(CC(C)C)C(=O)O)cc1. The Morgan fingerprint density at radius 3 is 2.53 bits per heavy atom. The highest BCUT2D eigenvalue weighted by atomic mass is 32.1. The van der Waals surface area contributed by atoms with Gasteiger partial charge in [-0.2, -0.15) is 0 Å². The van der Waals surface area contributed by atoms with Crippen molar-refractivity contribution in [3.05, 3.63) is 58.2 Å². The van der Waals surface area contributed by atoms with Crippen LogP contribution in [0.15, 0.2) is 52.6 Å². The number of aromatic amines is 1. The minimum atomic E-state index is -0.975. The third-order valence-electron chi connectivity index (χ3n) is 5.02. The number of hydrogen-bond donors (Lipinski definition) is 2. The zero-order valence-electron chi connectivity index (χ0n) is 16.9. The Hall–Kier alpha value is -3.32. The van der Waals surface area contributed by atoms with Gasteiger partial charge in [-0.1, -0.05) is 26.0 Å². The highest BCUT2D eigenvalue weighted by molar-refractivity contribution is 7.17. The first kappa shape index (κ1) is 20.0. The maximum Gasteiger partial charge on any atom is 0.411 e. The highest BCUT2D eigenvalue weighted by Gasteiger charge is 2.19. The number of rotatable bonds is 5. The Bertz CT molecular complexity index is 1290. The zero-order chi connectivity index (χ0) is 21.4. The molecular weight excluding hydrogens is 400 g/mol. The fourth-order valence-electron chi connectivity index (χ4n) is 3.75. The molecule has 4 rings (SSSR count). The normalized spacial score (nSPS) is 11.3. The molecule has 0 saturated heterocycles. The Labute approximate surface area is 177 Å². The number of methoxy groups -OCH3 is 1. The molecule has 2 aromatic carbocycles. The summed E-state index contributed by atoms with van der Waals surface area (Å²) in [7, 11) is 1.62. The summed E-state index contributed by atoms with van der Waals surface area (Å²) >= 11 is 1.40. The topological polar surface area (TPSA) is 82.6 Å². The number of ether oxygens (including phenoxy) is 1.